The molecule has 0 spiro atoms. The first-order valence-corrected chi connectivity index (χ1v) is 7.73. The molecule has 5 nitrogen and oxygen atoms in total. The Morgan fingerprint density at radius 1 is 1.22 bits per heavy atom. The number of carbonyl (C=O) groups is 2. The predicted octanol–water partition coefficient (Wildman–Crippen LogP) is 2.58. The van der Waals surface area contributed by atoms with Crippen LogP contribution in [0.1, 0.15) is 30.6 Å². The van der Waals surface area contributed by atoms with Crippen LogP contribution in [0.2, 0.25) is 0 Å². The van der Waals surface area contributed by atoms with Gasteiger partial charge in [0.25, 0.3) is 6.29 Å². The molecule has 0 N–H and O–H groups in total. The molecule has 0 unspecified atom stereocenters. The number of hydrogen-bond acceptors (Lipinski definition) is 5. The molecule has 118 valence electrons. The highest BCUT2D eigenvalue weighted by molar-refractivity contribution is 5.92. The molecule has 3 atom stereocenters. The highest BCUT2D eigenvalue weighted by atomic mass is 16.7. The molecular formula is C18H16O5. The normalized spacial score (nSPS) is 29.9. The average molecular weight is 312 g/mol. The minimum absolute atomic E-state index is 0.0355. The SMILES string of the molecule is CCC1=C[C@H](OC=C2C(=O)O[C@H]3c4ccccc4C[C@@H]23)OC1=O. The summed E-state index contributed by atoms with van der Waals surface area (Å²) in [6, 6.07) is 7.97. The van der Waals surface area contributed by atoms with E-state index in [1.165, 1.54) is 11.8 Å². The molecule has 2 heterocycles. The second-order valence-electron chi connectivity index (χ2n) is 5.86. The summed E-state index contributed by atoms with van der Waals surface area (Å²) < 4.78 is 16.1. The zero-order valence-electron chi connectivity index (χ0n) is 12.7. The Morgan fingerprint density at radius 3 is 2.83 bits per heavy atom. The van der Waals surface area contributed by atoms with Crippen molar-refractivity contribution in [3.63, 3.8) is 0 Å². The van der Waals surface area contributed by atoms with Crippen LogP contribution in [0, 0.1) is 5.92 Å². The first-order valence-electron chi connectivity index (χ1n) is 7.73. The molecule has 1 aliphatic carbocycles. The van der Waals surface area contributed by atoms with Gasteiger partial charge in [0.2, 0.25) is 0 Å². The number of carbonyl (C=O) groups excluding carboxylic acids is 2. The van der Waals surface area contributed by atoms with Crippen LogP contribution < -0.4 is 0 Å². The molecule has 1 aromatic rings. The standard InChI is InChI=1S/C18H16O5/c1-2-10-8-15(22-17(10)19)21-9-14-13-7-11-5-3-4-6-12(11)16(13)23-18(14)20/h3-6,8-9,13,15-16H,2,7H2,1H3/t13-,15+,16-/m0/s1. The summed E-state index contributed by atoms with van der Waals surface area (Å²) in [4.78, 5) is 23.6. The lowest BCUT2D eigenvalue weighted by Crippen LogP contribution is -2.12. The number of fused-ring (bicyclic) bond motifs is 3. The zero-order chi connectivity index (χ0) is 16.0. The Balaban J connectivity index is 1.53. The van der Waals surface area contributed by atoms with Crippen molar-refractivity contribution in [3.05, 3.63) is 58.9 Å². The largest absolute Gasteiger partial charge is 0.458 e. The number of benzene rings is 1. The maximum absolute atomic E-state index is 12.1. The Kier molecular flexibility index (Phi) is 3.22. The Labute approximate surface area is 133 Å². The van der Waals surface area contributed by atoms with Crippen molar-refractivity contribution in [2.75, 3.05) is 0 Å². The molecule has 0 radical (unpaired) electrons. The minimum atomic E-state index is -0.763. The molecule has 3 aliphatic rings. The molecule has 1 aromatic carbocycles. The predicted molar refractivity (Wildman–Crippen MR) is 79.9 cm³/mol. The third-order valence-corrected chi connectivity index (χ3v) is 4.57. The maximum atomic E-state index is 12.1. The van der Waals surface area contributed by atoms with Crippen molar-refractivity contribution < 1.29 is 23.8 Å². The van der Waals surface area contributed by atoms with Gasteiger partial charge in [0.1, 0.15) is 6.10 Å². The molecular weight excluding hydrogens is 296 g/mol. The van der Waals surface area contributed by atoms with Crippen LogP contribution in [-0.2, 0) is 30.2 Å². The van der Waals surface area contributed by atoms with Gasteiger partial charge in [-0.1, -0.05) is 31.2 Å². The first-order chi connectivity index (χ1) is 11.2. The first kappa shape index (κ1) is 14.1. The zero-order valence-corrected chi connectivity index (χ0v) is 12.7. The van der Waals surface area contributed by atoms with Gasteiger partial charge in [0, 0.05) is 17.6 Å². The number of rotatable bonds is 3. The summed E-state index contributed by atoms with van der Waals surface area (Å²) in [5.74, 6) is -0.763. The van der Waals surface area contributed by atoms with Gasteiger partial charge >= 0.3 is 11.9 Å². The van der Waals surface area contributed by atoms with Gasteiger partial charge in [-0.2, -0.15) is 0 Å². The lowest BCUT2D eigenvalue weighted by atomic mass is 9.98. The fourth-order valence-electron chi connectivity index (χ4n) is 3.36. The number of ether oxygens (including phenoxy) is 3. The van der Waals surface area contributed by atoms with Gasteiger partial charge in [0.15, 0.2) is 0 Å². The van der Waals surface area contributed by atoms with Crippen LogP contribution >= 0.6 is 0 Å². The highest BCUT2D eigenvalue weighted by Crippen LogP contribution is 2.47. The van der Waals surface area contributed by atoms with E-state index in [9.17, 15) is 9.59 Å². The van der Waals surface area contributed by atoms with E-state index in [-0.39, 0.29) is 24.0 Å². The van der Waals surface area contributed by atoms with Crippen LogP contribution in [0.5, 0.6) is 0 Å². The third-order valence-electron chi connectivity index (χ3n) is 4.57. The fourth-order valence-corrected chi connectivity index (χ4v) is 3.36. The van der Waals surface area contributed by atoms with Crippen LogP contribution in [0.3, 0.4) is 0 Å². The smallest absolute Gasteiger partial charge is 0.338 e. The maximum Gasteiger partial charge on any atom is 0.338 e. The average Bonchev–Trinajstić information content (AvgIpc) is 3.17. The molecule has 1 saturated heterocycles. The number of esters is 2. The number of hydrogen-bond donors (Lipinski definition) is 0. The minimum Gasteiger partial charge on any atom is -0.458 e. The highest BCUT2D eigenvalue weighted by Gasteiger charge is 2.46. The van der Waals surface area contributed by atoms with Crippen molar-refractivity contribution >= 4 is 11.9 Å². The van der Waals surface area contributed by atoms with E-state index < -0.39 is 6.29 Å². The molecule has 0 aromatic heterocycles. The van der Waals surface area contributed by atoms with Crippen molar-refractivity contribution in [2.45, 2.75) is 32.2 Å². The van der Waals surface area contributed by atoms with Gasteiger partial charge in [0.05, 0.1) is 11.8 Å². The van der Waals surface area contributed by atoms with Gasteiger partial charge in [-0.3, -0.25) is 0 Å². The van der Waals surface area contributed by atoms with Crippen LogP contribution in [0.15, 0.2) is 47.7 Å². The van der Waals surface area contributed by atoms with Crippen LogP contribution in [0.4, 0.5) is 0 Å². The summed E-state index contributed by atoms with van der Waals surface area (Å²) in [5, 5.41) is 0. The van der Waals surface area contributed by atoms with Gasteiger partial charge in [-0.25, -0.2) is 9.59 Å². The van der Waals surface area contributed by atoms with E-state index >= 15 is 0 Å². The van der Waals surface area contributed by atoms with E-state index in [2.05, 4.69) is 6.07 Å². The third kappa shape index (κ3) is 2.23. The Bertz CT molecular complexity index is 746. The monoisotopic (exact) mass is 312 g/mol. The summed E-state index contributed by atoms with van der Waals surface area (Å²) >= 11 is 0. The van der Waals surface area contributed by atoms with Crippen molar-refractivity contribution in [1.82, 2.24) is 0 Å². The topological polar surface area (TPSA) is 61.8 Å². The molecule has 5 heteroatoms. The second-order valence-corrected chi connectivity index (χ2v) is 5.86. The van der Waals surface area contributed by atoms with E-state index in [1.54, 1.807) is 6.08 Å². The van der Waals surface area contributed by atoms with Gasteiger partial charge < -0.3 is 14.2 Å². The Hall–Kier alpha value is -2.56. The van der Waals surface area contributed by atoms with E-state index in [4.69, 9.17) is 14.2 Å². The van der Waals surface area contributed by atoms with Gasteiger partial charge in [-0.15, -0.1) is 0 Å². The van der Waals surface area contributed by atoms with Crippen molar-refractivity contribution in [1.29, 1.82) is 0 Å². The van der Waals surface area contributed by atoms with Crippen molar-refractivity contribution in [3.8, 4) is 0 Å². The molecule has 1 fully saturated rings. The summed E-state index contributed by atoms with van der Waals surface area (Å²) in [6.07, 6.45) is 3.38. The van der Waals surface area contributed by atoms with E-state index in [0.29, 0.717) is 17.6 Å². The van der Waals surface area contributed by atoms with Crippen molar-refractivity contribution in [2.24, 2.45) is 5.92 Å². The lowest BCUT2D eigenvalue weighted by molar-refractivity contribution is -0.152. The summed E-state index contributed by atoms with van der Waals surface area (Å²) in [6.45, 7) is 1.88. The molecule has 4 rings (SSSR count). The quantitative estimate of drug-likeness (QED) is 0.488. The molecule has 0 saturated carbocycles. The van der Waals surface area contributed by atoms with Crippen LogP contribution in [-0.4, -0.2) is 18.2 Å². The molecule has 23 heavy (non-hydrogen) atoms. The Morgan fingerprint density at radius 2 is 2.04 bits per heavy atom. The van der Waals surface area contributed by atoms with Crippen LogP contribution in [0.25, 0.3) is 0 Å². The molecule has 0 bridgehead atoms. The fraction of sp³-hybridized carbons (Fsp3) is 0.333. The van der Waals surface area contributed by atoms with E-state index in [1.807, 2.05) is 25.1 Å². The van der Waals surface area contributed by atoms with Gasteiger partial charge in [-0.05, 0) is 24.0 Å². The summed E-state index contributed by atoms with van der Waals surface area (Å²) in [7, 11) is 0. The molecule has 0 amide bonds. The number of cyclic esters (lactones) is 1. The lowest BCUT2D eigenvalue weighted by Gasteiger charge is -2.09. The summed E-state index contributed by atoms with van der Waals surface area (Å²) in [5.41, 5.74) is 3.35. The van der Waals surface area contributed by atoms with E-state index in [0.717, 1.165) is 12.0 Å². The second kappa shape index (κ2) is 5.26. The molecule has 2 aliphatic heterocycles.